The van der Waals surface area contributed by atoms with Crippen LogP contribution in [-0.4, -0.2) is 60.1 Å². The summed E-state index contributed by atoms with van der Waals surface area (Å²) in [6.45, 7) is 9.23. The third-order valence-corrected chi connectivity index (χ3v) is 10.2. The van der Waals surface area contributed by atoms with Crippen LogP contribution >= 0.6 is 0 Å². The summed E-state index contributed by atoms with van der Waals surface area (Å²) in [5.41, 5.74) is 2.94. The maximum atomic E-state index is 3.85. The zero-order valence-corrected chi connectivity index (χ0v) is 22.4. The van der Waals surface area contributed by atoms with E-state index in [2.05, 4.69) is 94.9 Å². The molecule has 2 aromatic carbocycles. The number of piperidine rings is 2. The fraction of sp³-hybridized carbons (Fsp3) is 0.625. The average Bonchev–Trinajstić information content (AvgIpc) is 3.72. The summed E-state index contributed by atoms with van der Waals surface area (Å²) in [6.07, 6.45) is 8.44. The molecule has 2 heterocycles. The lowest BCUT2D eigenvalue weighted by atomic mass is 9.95. The molecule has 0 radical (unpaired) electrons. The predicted molar refractivity (Wildman–Crippen MR) is 149 cm³/mol. The van der Waals surface area contributed by atoms with Crippen molar-refractivity contribution in [3.63, 3.8) is 0 Å². The number of rotatable bonds is 11. The number of benzene rings is 2. The summed E-state index contributed by atoms with van der Waals surface area (Å²) in [5, 5.41) is 7.70. The maximum Gasteiger partial charge on any atom is 0.0326 e. The van der Waals surface area contributed by atoms with Crippen molar-refractivity contribution < 1.29 is 0 Å². The van der Waals surface area contributed by atoms with Crippen LogP contribution in [0.1, 0.15) is 75.6 Å². The van der Waals surface area contributed by atoms with Gasteiger partial charge in [-0.2, -0.15) is 0 Å². The first-order valence-electron chi connectivity index (χ1n) is 14.8. The summed E-state index contributed by atoms with van der Waals surface area (Å²) in [5.74, 6) is 1.76. The van der Waals surface area contributed by atoms with Crippen LogP contribution in [0.3, 0.4) is 0 Å². The molecule has 4 bridgehead atoms. The third-order valence-electron chi connectivity index (χ3n) is 10.2. The third kappa shape index (κ3) is 4.78. The van der Waals surface area contributed by atoms with E-state index in [0.717, 1.165) is 50.1 Å². The van der Waals surface area contributed by atoms with E-state index in [-0.39, 0.29) is 0 Å². The standard InChI is InChI=1S/C32H46N4/c1-23(25-9-5-3-6-10-25)35-29-15-13-27(19-29)31(35)21-33-17-18-34-22-32-28-14-16-30(20-28)36(32)24(2)26-11-7-4-8-12-26/h3-12,23-24,27-34H,13-22H2,1-2H3/t23-,24-,27+,28+,29-,30-,31-,32-/m0/s1. The first-order valence-corrected chi connectivity index (χ1v) is 14.8. The highest BCUT2D eigenvalue weighted by molar-refractivity contribution is 5.21. The van der Waals surface area contributed by atoms with Crippen LogP contribution < -0.4 is 10.6 Å². The van der Waals surface area contributed by atoms with E-state index in [1.807, 2.05) is 0 Å². The summed E-state index contributed by atoms with van der Waals surface area (Å²) >= 11 is 0. The smallest absolute Gasteiger partial charge is 0.0326 e. The topological polar surface area (TPSA) is 30.5 Å². The van der Waals surface area contributed by atoms with Gasteiger partial charge in [0.05, 0.1) is 0 Å². The Kier molecular flexibility index (Phi) is 7.48. The van der Waals surface area contributed by atoms with Crippen molar-refractivity contribution in [3.8, 4) is 0 Å². The van der Waals surface area contributed by atoms with Gasteiger partial charge in [0.1, 0.15) is 0 Å². The first-order chi connectivity index (χ1) is 17.7. The van der Waals surface area contributed by atoms with Gasteiger partial charge in [0.25, 0.3) is 0 Å². The number of fused-ring (bicyclic) bond motifs is 4. The van der Waals surface area contributed by atoms with Crippen molar-refractivity contribution >= 4 is 0 Å². The monoisotopic (exact) mass is 486 g/mol. The molecule has 2 aromatic rings. The highest BCUT2D eigenvalue weighted by atomic mass is 15.3. The molecular weight excluding hydrogens is 440 g/mol. The molecule has 4 aliphatic rings. The predicted octanol–water partition coefficient (Wildman–Crippen LogP) is 5.39. The normalized spacial score (nSPS) is 33.4. The molecule has 0 amide bonds. The minimum Gasteiger partial charge on any atom is -0.314 e. The molecule has 36 heavy (non-hydrogen) atoms. The summed E-state index contributed by atoms with van der Waals surface area (Å²) in [6, 6.07) is 26.2. The van der Waals surface area contributed by atoms with Crippen LogP contribution in [0.4, 0.5) is 0 Å². The molecule has 6 rings (SSSR count). The average molecular weight is 487 g/mol. The van der Waals surface area contributed by atoms with Gasteiger partial charge in [0.15, 0.2) is 0 Å². The van der Waals surface area contributed by atoms with Crippen molar-refractivity contribution in [2.75, 3.05) is 26.2 Å². The van der Waals surface area contributed by atoms with Gasteiger partial charge in [-0.1, -0.05) is 60.7 Å². The number of nitrogens with one attached hydrogen (secondary N) is 2. The largest absolute Gasteiger partial charge is 0.314 e. The van der Waals surface area contributed by atoms with E-state index >= 15 is 0 Å². The number of hydrogen-bond donors (Lipinski definition) is 2. The van der Waals surface area contributed by atoms with Gasteiger partial charge in [-0.15, -0.1) is 0 Å². The number of nitrogens with zero attached hydrogens (tertiary/aromatic N) is 2. The molecule has 0 aromatic heterocycles. The van der Waals surface area contributed by atoms with Crippen LogP contribution in [-0.2, 0) is 0 Å². The fourth-order valence-electron chi connectivity index (χ4n) is 8.49. The Bertz CT molecular complexity index is 885. The van der Waals surface area contributed by atoms with Gasteiger partial charge in [-0.3, -0.25) is 9.80 Å². The molecule has 0 unspecified atom stereocenters. The van der Waals surface area contributed by atoms with E-state index in [1.54, 1.807) is 0 Å². The molecule has 4 nitrogen and oxygen atoms in total. The Balaban J connectivity index is 0.981. The minimum absolute atomic E-state index is 0.516. The molecule has 0 spiro atoms. The van der Waals surface area contributed by atoms with Crippen LogP contribution in [0.5, 0.6) is 0 Å². The quantitative estimate of drug-likeness (QED) is 0.417. The number of hydrogen-bond acceptors (Lipinski definition) is 4. The highest BCUT2D eigenvalue weighted by Gasteiger charge is 2.48. The summed E-state index contributed by atoms with van der Waals surface area (Å²) in [7, 11) is 0. The van der Waals surface area contributed by atoms with Crippen molar-refractivity contribution in [1.29, 1.82) is 0 Å². The Labute approximate surface area is 218 Å². The fourth-order valence-corrected chi connectivity index (χ4v) is 8.49. The molecule has 8 atom stereocenters. The zero-order valence-electron chi connectivity index (χ0n) is 22.4. The van der Waals surface area contributed by atoms with Gasteiger partial charge in [0, 0.05) is 62.4 Å². The molecule has 4 heteroatoms. The second kappa shape index (κ2) is 10.9. The Hall–Kier alpha value is -1.72. The van der Waals surface area contributed by atoms with Gasteiger partial charge in [-0.05, 0) is 75.3 Å². The molecule has 2 saturated carbocycles. The van der Waals surface area contributed by atoms with Crippen LogP contribution in [0.15, 0.2) is 60.7 Å². The van der Waals surface area contributed by atoms with Gasteiger partial charge < -0.3 is 10.6 Å². The SMILES string of the molecule is C[C@@H](c1ccccc1)N1[C@H]2CC[C@H](C2)[C@@H]1CNCCNC[C@H]1[C@@H]2CC[C@@H](C2)N1[C@@H](C)c1ccccc1. The minimum atomic E-state index is 0.516. The molecular formula is C32H46N4. The van der Waals surface area contributed by atoms with E-state index in [4.69, 9.17) is 0 Å². The Morgan fingerprint density at radius 3 is 1.47 bits per heavy atom. The van der Waals surface area contributed by atoms with Gasteiger partial charge in [0.2, 0.25) is 0 Å². The lowest BCUT2D eigenvalue weighted by Crippen LogP contribution is -2.49. The summed E-state index contributed by atoms with van der Waals surface area (Å²) < 4.78 is 0. The van der Waals surface area contributed by atoms with Crippen molar-refractivity contribution in [3.05, 3.63) is 71.8 Å². The Morgan fingerprint density at radius 2 is 1.06 bits per heavy atom. The van der Waals surface area contributed by atoms with E-state index in [1.165, 1.54) is 49.7 Å². The van der Waals surface area contributed by atoms with Crippen molar-refractivity contribution in [1.82, 2.24) is 20.4 Å². The number of likely N-dealkylation sites (tertiary alicyclic amines) is 2. The van der Waals surface area contributed by atoms with E-state index in [9.17, 15) is 0 Å². The Morgan fingerprint density at radius 1 is 0.639 bits per heavy atom. The highest BCUT2D eigenvalue weighted by Crippen LogP contribution is 2.47. The molecule has 2 saturated heterocycles. The van der Waals surface area contributed by atoms with Gasteiger partial charge >= 0.3 is 0 Å². The maximum absolute atomic E-state index is 3.85. The molecule has 2 N–H and O–H groups in total. The van der Waals surface area contributed by atoms with Crippen LogP contribution in [0.2, 0.25) is 0 Å². The van der Waals surface area contributed by atoms with Crippen LogP contribution in [0, 0.1) is 11.8 Å². The summed E-state index contributed by atoms with van der Waals surface area (Å²) in [4.78, 5) is 5.70. The zero-order chi connectivity index (χ0) is 24.5. The lowest BCUT2D eigenvalue weighted by molar-refractivity contribution is 0.0907. The van der Waals surface area contributed by atoms with Crippen molar-refractivity contribution in [2.45, 2.75) is 88.6 Å². The van der Waals surface area contributed by atoms with E-state index < -0.39 is 0 Å². The lowest BCUT2D eigenvalue weighted by Gasteiger charge is -2.40. The second-order valence-corrected chi connectivity index (χ2v) is 12.1. The van der Waals surface area contributed by atoms with Crippen molar-refractivity contribution in [2.24, 2.45) is 11.8 Å². The van der Waals surface area contributed by atoms with Gasteiger partial charge in [-0.25, -0.2) is 0 Å². The van der Waals surface area contributed by atoms with E-state index in [0.29, 0.717) is 24.2 Å². The first kappa shape index (κ1) is 24.6. The molecule has 2 aliphatic carbocycles. The molecule has 2 aliphatic heterocycles. The van der Waals surface area contributed by atoms with Crippen LogP contribution in [0.25, 0.3) is 0 Å². The molecule has 194 valence electrons. The second-order valence-electron chi connectivity index (χ2n) is 12.1. The molecule has 4 fully saturated rings.